The van der Waals surface area contributed by atoms with Crippen LogP contribution in [0, 0.1) is 11.3 Å². The van der Waals surface area contributed by atoms with Crippen LogP contribution in [0.25, 0.3) is 0 Å². The minimum Gasteiger partial charge on any atom is -0.477 e. The fourth-order valence-corrected chi connectivity index (χ4v) is 5.50. The molecule has 2 amide bonds. The van der Waals surface area contributed by atoms with Gasteiger partial charge in [-0.2, -0.15) is 14.6 Å². The van der Waals surface area contributed by atoms with Crippen molar-refractivity contribution >= 4 is 63.7 Å². The van der Waals surface area contributed by atoms with E-state index in [1.807, 2.05) is 6.07 Å². The quantitative estimate of drug-likeness (QED) is 0.100. The van der Waals surface area contributed by atoms with Crippen molar-refractivity contribution in [2.75, 3.05) is 23.8 Å². The SMILES string of the molecule is C=CCON=C(C(=O)NC1C(=O)N2C(C(=O)O)=C(CS/C=C\C#N)CS[C@H]12)c1nsc(N)n1. The third-order valence-corrected chi connectivity index (χ3v) is 6.98. The largest absolute Gasteiger partial charge is 0.477 e. The first-order chi connectivity index (χ1) is 15.9. The highest BCUT2D eigenvalue weighted by molar-refractivity contribution is 8.02. The first kappa shape index (κ1) is 24.3. The molecule has 0 spiro atoms. The van der Waals surface area contributed by atoms with Crippen LogP contribution in [0.4, 0.5) is 5.13 Å². The van der Waals surface area contributed by atoms with E-state index < -0.39 is 29.2 Å². The van der Waals surface area contributed by atoms with Crippen molar-refractivity contribution in [3.05, 3.63) is 41.2 Å². The highest BCUT2D eigenvalue weighted by atomic mass is 32.2. The number of hydrogen-bond donors (Lipinski definition) is 3. The number of nitrogens with zero attached hydrogens (tertiary/aromatic N) is 5. The Morgan fingerprint density at radius 2 is 2.33 bits per heavy atom. The summed E-state index contributed by atoms with van der Waals surface area (Å²) in [6.07, 6.45) is 2.72. The van der Waals surface area contributed by atoms with Crippen molar-refractivity contribution in [1.82, 2.24) is 19.6 Å². The number of anilines is 1. The number of carboxylic acids is 1. The Morgan fingerprint density at radius 1 is 1.55 bits per heavy atom. The highest BCUT2D eigenvalue weighted by Crippen LogP contribution is 2.41. The van der Waals surface area contributed by atoms with Gasteiger partial charge in [0.15, 0.2) is 5.13 Å². The summed E-state index contributed by atoms with van der Waals surface area (Å²) >= 11 is 3.44. The van der Waals surface area contributed by atoms with Crippen molar-refractivity contribution in [2.24, 2.45) is 5.16 Å². The molecule has 1 fully saturated rings. The van der Waals surface area contributed by atoms with Crippen LogP contribution in [0.5, 0.6) is 0 Å². The molecule has 3 heterocycles. The maximum absolute atomic E-state index is 12.8. The van der Waals surface area contributed by atoms with Crippen LogP contribution >= 0.6 is 35.1 Å². The molecule has 33 heavy (non-hydrogen) atoms. The first-order valence-corrected chi connectivity index (χ1v) is 12.0. The summed E-state index contributed by atoms with van der Waals surface area (Å²) in [4.78, 5) is 47.6. The number of rotatable bonds is 10. The molecular weight excluding hydrogens is 490 g/mol. The van der Waals surface area contributed by atoms with E-state index in [2.05, 4.69) is 26.4 Å². The monoisotopic (exact) mass is 507 g/mol. The molecule has 0 aromatic carbocycles. The number of carbonyl (C=O) groups excluding carboxylic acids is 2. The normalized spacial score (nSPS) is 20.2. The van der Waals surface area contributed by atoms with Crippen molar-refractivity contribution in [3.8, 4) is 6.07 Å². The molecule has 0 radical (unpaired) electrons. The Bertz CT molecular complexity index is 1110. The lowest BCUT2D eigenvalue weighted by atomic mass is 10.0. The number of nitriles is 1. The number of aliphatic carboxylic acids is 1. The van der Waals surface area contributed by atoms with Gasteiger partial charge in [0.1, 0.15) is 23.7 Å². The van der Waals surface area contributed by atoms with Crippen molar-refractivity contribution in [2.45, 2.75) is 11.4 Å². The molecule has 2 aliphatic rings. The number of carboxylic acid groups (broad SMARTS) is 1. The van der Waals surface area contributed by atoms with Gasteiger partial charge in [0, 0.05) is 29.1 Å². The summed E-state index contributed by atoms with van der Waals surface area (Å²) in [5, 5.41) is 25.6. The maximum Gasteiger partial charge on any atom is 0.352 e. The van der Waals surface area contributed by atoms with Crippen molar-refractivity contribution in [1.29, 1.82) is 5.26 Å². The van der Waals surface area contributed by atoms with Gasteiger partial charge in [-0.1, -0.05) is 17.8 Å². The van der Waals surface area contributed by atoms with Gasteiger partial charge in [-0.15, -0.1) is 23.5 Å². The van der Waals surface area contributed by atoms with Crippen LogP contribution < -0.4 is 11.1 Å². The summed E-state index contributed by atoms with van der Waals surface area (Å²) in [6.45, 7) is 3.52. The Hall–Kier alpha value is -3.35. The lowest BCUT2D eigenvalue weighted by molar-refractivity contribution is -0.150. The summed E-state index contributed by atoms with van der Waals surface area (Å²) in [5.41, 5.74) is 5.76. The minimum atomic E-state index is -1.24. The van der Waals surface area contributed by atoms with E-state index in [4.69, 9.17) is 15.8 Å². The van der Waals surface area contributed by atoms with Crippen LogP contribution in [-0.4, -0.2) is 72.4 Å². The standard InChI is InChI=1S/C18H17N7O5S3/c1-2-5-30-23-10(13-22-18(20)33-24-13)14(26)21-11-15(27)25-12(17(28)29)9(8-32-16(11)25)7-31-6-3-4-19/h2-3,6,11,16H,1,5,7-8H2,(H,21,26)(H,28,29)(H2,20,22,24)/b6-3-,23-10?/t11?,16-/m1/s1. The number of nitrogen functional groups attached to an aromatic ring is 1. The smallest absolute Gasteiger partial charge is 0.352 e. The molecule has 172 valence electrons. The van der Waals surface area contributed by atoms with Gasteiger partial charge < -0.3 is 21.0 Å². The number of hydrogen-bond acceptors (Lipinski definition) is 12. The van der Waals surface area contributed by atoms with Crippen LogP contribution in [0.1, 0.15) is 5.82 Å². The molecule has 15 heteroatoms. The molecule has 1 unspecified atom stereocenters. The summed E-state index contributed by atoms with van der Waals surface area (Å²) in [7, 11) is 0. The van der Waals surface area contributed by atoms with Gasteiger partial charge >= 0.3 is 5.97 Å². The van der Waals surface area contributed by atoms with Gasteiger partial charge in [0.05, 0.1) is 6.07 Å². The molecule has 0 saturated carbocycles. The second kappa shape index (κ2) is 11.0. The van der Waals surface area contributed by atoms with Crippen LogP contribution in [0.3, 0.4) is 0 Å². The van der Waals surface area contributed by atoms with Gasteiger partial charge in [-0.05, 0) is 11.0 Å². The lowest BCUT2D eigenvalue weighted by Crippen LogP contribution is -2.71. The number of oxime groups is 1. The molecule has 1 saturated heterocycles. The zero-order valence-corrected chi connectivity index (χ0v) is 19.3. The van der Waals surface area contributed by atoms with E-state index in [9.17, 15) is 19.5 Å². The van der Waals surface area contributed by atoms with E-state index in [1.54, 1.807) is 5.41 Å². The fourth-order valence-electron chi connectivity index (χ4n) is 2.90. The van der Waals surface area contributed by atoms with Gasteiger partial charge in [-0.25, -0.2) is 4.79 Å². The fraction of sp³-hybridized carbons (Fsp3) is 0.278. The minimum absolute atomic E-state index is 0.0299. The second-order valence-corrected chi connectivity index (χ2v) is 9.12. The highest BCUT2D eigenvalue weighted by Gasteiger charge is 2.54. The van der Waals surface area contributed by atoms with Gasteiger partial charge in [0.25, 0.3) is 11.8 Å². The average Bonchev–Trinajstić information content (AvgIpc) is 3.22. The Balaban J connectivity index is 1.76. The van der Waals surface area contributed by atoms with E-state index in [1.165, 1.54) is 35.7 Å². The van der Waals surface area contributed by atoms with Gasteiger partial charge in [-0.3, -0.25) is 14.5 Å². The number of allylic oxidation sites excluding steroid dienone is 1. The number of nitrogens with two attached hydrogens (primary N) is 1. The number of amides is 2. The maximum atomic E-state index is 12.8. The van der Waals surface area contributed by atoms with Crippen molar-refractivity contribution in [3.63, 3.8) is 0 Å². The first-order valence-electron chi connectivity index (χ1n) is 9.16. The predicted octanol–water partition coefficient (Wildman–Crippen LogP) is 0.536. The van der Waals surface area contributed by atoms with E-state index >= 15 is 0 Å². The third-order valence-electron chi connectivity index (χ3n) is 4.25. The molecule has 1 aromatic heterocycles. The molecule has 4 N–H and O–H groups in total. The molecule has 0 bridgehead atoms. The van der Waals surface area contributed by atoms with E-state index in [0.717, 1.165) is 16.4 Å². The average molecular weight is 508 g/mol. The Kier molecular flexibility index (Phi) is 8.09. The van der Waals surface area contributed by atoms with Crippen LogP contribution in [0.2, 0.25) is 0 Å². The van der Waals surface area contributed by atoms with Crippen LogP contribution in [0.15, 0.2) is 40.6 Å². The number of nitrogens with one attached hydrogen (secondary N) is 1. The molecule has 0 aliphatic carbocycles. The number of thioether (sulfide) groups is 2. The third kappa shape index (κ3) is 5.35. The van der Waals surface area contributed by atoms with E-state index in [-0.39, 0.29) is 29.0 Å². The Morgan fingerprint density at radius 3 is 2.97 bits per heavy atom. The molecular formula is C18H17N7O5S3. The zero-order chi connectivity index (χ0) is 24.0. The number of aromatic nitrogens is 2. The van der Waals surface area contributed by atoms with E-state index in [0.29, 0.717) is 17.1 Å². The summed E-state index contributed by atoms with van der Waals surface area (Å²) in [6, 6.07) is 0.886. The molecule has 3 rings (SSSR count). The topological polar surface area (TPSA) is 184 Å². The summed E-state index contributed by atoms with van der Waals surface area (Å²) in [5.74, 6) is -1.96. The molecule has 1 aromatic rings. The number of β-lactam (4-membered cyclic amide) rings is 1. The lowest BCUT2D eigenvalue weighted by Gasteiger charge is -2.49. The Labute approximate surface area is 200 Å². The second-order valence-electron chi connectivity index (χ2n) is 6.34. The summed E-state index contributed by atoms with van der Waals surface area (Å²) < 4.78 is 3.95. The number of carbonyl (C=O) groups is 3. The molecule has 2 aliphatic heterocycles. The van der Waals surface area contributed by atoms with Gasteiger partial charge in [0.2, 0.25) is 11.5 Å². The molecule has 2 atom stereocenters. The zero-order valence-electron chi connectivity index (χ0n) is 16.8. The van der Waals surface area contributed by atoms with Crippen molar-refractivity contribution < 1.29 is 24.3 Å². The molecule has 12 nitrogen and oxygen atoms in total. The van der Waals surface area contributed by atoms with Crippen LogP contribution in [-0.2, 0) is 19.2 Å². The number of fused-ring (bicyclic) bond motifs is 1. The predicted molar refractivity (Wildman–Crippen MR) is 124 cm³/mol.